The first kappa shape index (κ1) is 16.4. The number of aliphatic imine (C=N–C) groups is 1. The molecule has 22 heavy (non-hydrogen) atoms. The summed E-state index contributed by atoms with van der Waals surface area (Å²) in [6, 6.07) is 8.25. The number of nitrogens with one attached hydrogen (secondary N) is 2. The lowest BCUT2D eigenvalue weighted by Crippen LogP contribution is -2.39. The number of benzene rings is 1. The second kappa shape index (κ2) is 8.44. The zero-order valence-electron chi connectivity index (χ0n) is 12.4. The molecule has 2 rings (SSSR count). The number of hydrogen-bond acceptors (Lipinski definition) is 2. The monoisotopic (exact) mass is 323 g/mol. The van der Waals surface area contributed by atoms with Gasteiger partial charge in [-0.15, -0.1) is 0 Å². The van der Waals surface area contributed by atoms with E-state index in [0.717, 1.165) is 24.3 Å². The quantitative estimate of drug-likeness (QED) is 0.634. The Bertz CT molecular complexity index is 614. The van der Waals surface area contributed by atoms with Crippen molar-refractivity contribution in [2.24, 2.45) is 4.99 Å². The fourth-order valence-electron chi connectivity index (χ4n) is 2.02. The molecule has 1 aromatic carbocycles. The summed E-state index contributed by atoms with van der Waals surface area (Å²) in [4.78, 5) is 4.15. The fraction of sp³-hybridized carbons (Fsp3) is 0.312. The number of rotatable bonds is 6. The first-order chi connectivity index (χ1) is 10.7. The smallest absolute Gasteiger partial charge is 0.191 e. The van der Waals surface area contributed by atoms with Crippen molar-refractivity contribution in [3.63, 3.8) is 0 Å². The van der Waals surface area contributed by atoms with Crippen molar-refractivity contribution in [3.8, 4) is 0 Å². The highest BCUT2D eigenvalue weighted by Gasteiger charge is 2.03. The Labute approximate surface area is 134 Å². The van der Waals surface area contributed by atoms with Crippen molar-refractivity contribution >= 4 is 17.6 Å². The molecule has 2 aromatic rings. The molecule has 6 heteroatoms. The average Bonchev–Trinajstić information content (AvgIpc) is 3.01. The molecular formula is C16H19ClFN3O. The summed E-state index contributed by atoms with van der Waals surface area (Å²) in [6.45, 7) is 1.39. The highest BCUT2D eigenvalue weighted by atomic mass is 35.5. The molecule has 0 atom stereocenters. The number of guanidine groups is 1. The maximum Gasteiger partial charge on any atom is 0.191 e. The van der Waals surface area contributed by atoms with E-state index in [1.807, 2.05) is 12.1 Å². The molecule has 0 bridgehead atoms. The van der Waals surface area contributed by atoms with E-state index in [0.29, 0.717) is 23.9 Å². The SMILES string of the molecule is CN=C(NCCc1ccco1)NCCc1ccc(F)cc1Cl. The van der Waals surface area contributed by atoms with Gasteiger partial charge in [-0.05, 0) is 36.2 Å². The van der Waals surface area contributed by atoms with E-state index in [4.69, 9.17) is 16.0 Å². The minimum absolute atomic E-state index is 0.322. The standard InChI is InChI=1S/C16H19ClFN3O/c1-19-16(21-9-7-14-3-2-10-22-14)20-8-6-12-4-5-13(18)11-15(12)17/h2-5,10-11H,6-9H2,1H3,(H2,19,20,21). The van der Waals surface area contributed by atoms with Crippen LogP contribution in [0.4, 0.5) is 4.39 Å². The molecule has 118 valence electrons. The molecule has 0 fully saturated rings. The third-order valence-corrected chi connectivity index (χ3v) is 3.52. The Kier molecular flexibility index (Phi) is 6.27. The van der Waals surface area contributed by atoms with Gasteiger partial charge < -0.3 is 15.1 Å². The summed E-state index contributed by atoms with van der Waals surface area (Å²) >= 11 is 6.00. The molecule has 1 heterocycles. The van der Waals surface area contributed by atoms with E-state index in [-0.39, 0.29) is 5.82 Å². The highest BCUT2D eigenvalue weighted by molar-refractivity contribution is 6.31. The van der Waals surface area contributed by atoms with Gasteiger partial charge in [0.15, 0.2) is 5.96 Å². The molecule has 0 radical (unpaired) electrons. The summed E-state index contributed by atoms with van der Waals surface area (Å²) in [6.07, 6.45) is 3.14. The molecule has 1 aromatic heterocycles. The predicted octanol–water partition coefficient (Wildman–Crippen LogP) is 3.02. The molecule has 0 saturated carbocycles. The minimum atomic E-state index is -0.322. The van der Waals surface area contributed by atoms with Crippen LogP contribution in [-0.2, 0) is 12.8 Å². The second-order valence-corrected chi connectivity index (χ2v) is 5.15. The predicted molar refractivity (Wildman–Crippen MR) is 86.9 cm³/mol. The maximum absolute atomic E-state index is 13.0. The number of nitrogens with zero attached hydrogens (tertiary/aromatic N) is 1. The van der Waals surface area contributed by atoms with Crippen LogP contribution in [0, 0.1) is 5.82 Å². The molecule has 2 N–H and O–H groups in total. The van der Waals surface area contributed by atoms with Crippen LogP contribution >= 0.6 is 11.6 Å². The third-order valence-electron chi connectivity index (χ3n) is 3.17. The summed E-state index contributed by atoms with van der Waals surface area (Å²) in [5.41, 5.74) is 0.904. The van der Waals surface area contributed by atoms with Crippen LogP contribution in [0.1, 0.15) is 11.3 Å². The normalized spacial score (nSPS) is 11.5. The molecular weight excluding hydrogens is 305 g/mol. The van der Waals surface area contributed by atoms with Crippen molar-refractivity contribution in [2.45, 2.75) is 12.8 Å². The minimum Gasteiger partial charge on any atom is -0.469 e. The van der Waals surface area contributed by atoms with Gasteiger partial charge in [0.2, 0.25) is 0 Å². The van der Waals surface area contributed by atoms with Crippen molar-refractivity contribution in [3.05, 3.63) is 58.8 Å². The van der Waals surface area contributed by atoms with E-state index in [1.165, 1.54) is 12.1 Å². The van der Waals surface area contributed by atoms with Gasteiger partial charge in [-0.1, -0.05) is 17.7 Å². The van der Waals surface area contributed by atoms with Crippen molar-refractivity contribution in [2.75, 3.05) is 20.1 Å². The van der Waals surface area contributed by atoms with Gasteiger partial charge in [-0.25, -0.2) is 4.39 Å². The molecule has 0 unspecified atom stereocenters. The zero-order valence-corrected chi connectivity index (χ0v) is 13.2. The molecule has 0 spiro atoms. The van der Waals surface area contributed by atoms with E-state index < -0.39 is 0 Å². The van der Waals surface area contributed by atoms with Gasteiger partial charge in [0.1, 0.15) is 11.6 Å². The van der Waals surface area contributed by atoms with E-state index in [1.54, 1.807) is 19.4 Å². The van der Waals surface area contributed by atoms with Crippen LogP contribution in [0.25, 0.3) is 0 Å². The Hall–Kier alpha value is -2.01. The van der Waals surface area contributed by atoms with Gasteiger partial charge in [-0.2, -0.15) is 0 Å². The van der Waals surface area contributed by atoms with Crippen LogP contribution < -0.4 is 10.6 Å². The van der Waals surface area contributed by atoms with Crippen molar-refractivity contribution in [1.82, 2.24) is 10.6 Å². The molecule has 0 aliphatic carbocycles. The second-order valence-electron chi connectivity index (χ2n) is 4.74. The summed E-state index contributed by atoms with van der Waals surface area (Å²) in [7, 11) is 1.72. The number of halogens is 2. The van der Waals surface area contributed by atoms with Crippen LogP contribution in [0.5, 0.6) is 0 Å². The number of furan rings is 1. The third kappa shape index (κ3) is 5.07. The first-order valence-electron chi connectivity index (χ1n) is 7.10. The van der Waals surface area contributed by atoms with E-state index >= 15 is 0 Å². The lowest BCUT2D eigenvalue weighted by molar-refractivity contribution is 0.507. The molecule has 0 saturated heterocycles. The zero-order chi connectivity index (χ0) is 15.8. The number of hydrogen-bond donors (Lipinski definition) is 2. The van der Waals surface area contributed by atoms with Crippen LogP contribution in [0.2, 0.25) is 5.02 Å². The lowest BCUT2D eigenvalue weighted by atomic mass is 10.1. The first-order valence-corrected chi connectivity index (χ1v) is 7.47. The average molecular weight is 324 g/mol. The topological polar surface area (TPSA) is 49.6 Å². The van der Waals surface area contributed by atoms with Gasteiger partial charge in [0.05, 0.1) is 6.26 Å². The Morgan fingerprint density at radius 3 is 2.64 bits per heavy atom. The van der Waals surface area contributed by atoms with Gasteiger partial charge in [0, 0.05) is 31.6 Å². The Balaban J connectivity index is 1.72. The summed E-state index contributed by atoms with van der Waals surface area (Å²) in [5.74, 6) is 1.32. The van der Waals surface area contributed by atoms with Gasteiger partial charge in [-0.3, -0.25) is 4.99 Å². The molecule has 4 nitrogen and oxygen atoms in total. The largest absolute Gasteiger partial charge is 0.469 e. The van der Waals surface area contributed by atoms with Gasteiger partial charge >= 0.3 is 0 Å². The molecule has 0 aliphatic rings. The highest BCUT2D eigenvalue weighted by Crippen LogP contribution is 2.17. The lowest BCUT2D eigenvalue weighted by Gasteiger charge is -2.12. The van der Waals surface area contributed by atoms with Crippen LogP contribution in [0.3, 0.4) is 0 Å². The van der Waals surface area contributed by atoms with E-state index in [9.17, 15) is 4.39 Å². The van der Waals surface area contributed by atoms with Gasteiger partial charge in [0.25, 0.3) is 0 Å². The van der Waals surface area contributed by atoms with E-state index in [2.05, 4.69) is 15.6 Å². The Morgan fingerprint density at radius 2 is 2.00 bits per heavy atom. The van der Waals surface area contributed by atoms with Crippen molar-refractivity contribution in [1.29, 1.82) is 0 Å². The van der Waals surface area contributed by atoms with Crippen LogP contribution in [-0.4, -0.2) is 26.1 Å². The molecule has 0 amide bonds. The van der Waals surface area contributed by atoms with Crippen molar-refractivity contribution < 1.29 is 8.81 Å². The summed E-state index contributed by atoms with van der Waals surface area (Å²) in [5, 5.41) is 6.85. The maximum atomic E-state index is 13.0. The fourth-order valence-corrected chi connectivity index (χ4v) is 2.28. The van der Waals surface area contributed by atoms with Crippen LogP contribution in [0.15, 0.2) is 46.0 Å². The summed E-state index contributed by atoms with van der Waals surface area (Å²) < 4.78 is 18.2. The Morgan fingerprint density at radius 1 is 1.23 bits per heavy atom. The molecule has 0 aliphatic heterocycles.